The van der Waals surface area contributed by atoms with Crippen LogP contribution in [-0.2, 0) is 6.42 Å². The van der Waals surface area contributed by atoms with Crippen LogP contribution in [0.5, 0.6) is 0 Å². The average molecular weight is 295 g/mol. The number of alkyl halides is 3. The van der Waals surface area contributed by atoms with Gasteiger partial charge in [-0.05, 0) is 36.8 Å². The van der Waals surface area contributed by atoms with Crippen molar-refractivity contribution >= 4 is 27.7 Å². The van der Waals surface area contributed by atoms with Crippen molar-refractivity contribution < 1.29 is 8.78 Å². The molecule has 0 fully saturated rings. The summed E-state index contributed by atoms with van der Waals surface area (Å²) in [7, 11) is 0. The maximum Gasteiger partial charge on any atom is 0.263 e. The molecule has 0 aliphatic carbocycles. The minimum atomic E-state index is -2.37. The Morgan fingerprint density at radius 1 is 1.40 bits per heavy atom. The number of halogens is 3. The lowest BCUT2D eigenvalue weighted by atomic mass is 10.1. The Morgan fingerprint density at radius 3 is 2.67 bits per heavy atom. The van der Waals surface area contributed by atoms with E-state index in [2.05, 4.69) is 15.9 Å². The first-order chi connectivity index (χ1) is 7.19. The van der Waals surface area contributed by atoms with Gasteiger partial charge in [0.25, 0.3) is 6.43 Å². The summed E-state index contributed by atoms with van der Waals surface area (Å²) in [6.45, 7) is 0. The van der Waals surface area contributed by atoms with E-state index in [9.17, 15) is 8.78 Å². The quantitative estimate of drug-likeness (QED) is 0.561. The van der Waals surface area contributed by atoms with Gasteiger partial charge in [-0.1, -0.05) is 22.0 Å². The number of aryl methyl sites for hydroxylation is 1. The van der Waals surface area contributed by atoms with E-state index in [-0.39, 0.29) is 5.56 Å². The highest BCUT2D eigenvalue weighted by Gasteiger charge is 2.09. The SMILES string of the molecule is CSc1ccc(C(F)F)cc1CCCBr. The minimum Gasteiger partial charge on any atom is -0.205 e. The molecule has 1 rings (SSSR count). The van der Waals surface area contributed by atoms with Crippen molar-refractivity contribution in [3.63, 3.8) is 0 Å². The van der Waals surface area contributed by atoms with Gasteiger partial charge in [0, 0.05) is 15.8 Å². The monoisotopic (exact) mass is 294 g/mol. The van der Waals surface area contributed by atoms with Crippen LogP contribution in [0.2, 0.25) is 0 Å². The zero-order valence-corrected chi connectivity index (χ0v) is 10.9. The van der Waals surface area contributed by atoms with Crippen LogP contribution in [0.3, 0.4) is 0 Å². The smallest absolute Gasteiger partial charge is 0.205 e. The molecular formula is C11H13BrF2S. The Hall–Kier alpha value is -0.0900. The van der Waals surface area contributed by atoms with Gasteiger partial charge in [-0.3, -0.25) is 0 Å². The highest BCUT2D eigenvalue weighted by molar-refractivity contribution is 9.09. The third kappa shape index (κ3) is 3.76. The standard InChI is InChI=1S/C11H13BrF2S/c1-15-10-5-4-9(11(13)14)7-8(10)3-2-6-12/h4-5,7,11H,2-3,6H2,1H3. The van der Waals surface area contributed by atoms with Crippen LogP contribution >= 0.6 is 27.7 Å². The van der Waals surface area contributed by atoms with Gasteiger partial charge in [0.2, 0.25) is 0 Å². The lowest BCUT2D eigenvalue weighted by Crippen LogP contribution is -1.93. The van der Waals surface area contributed by atoms with Crippen LogP contribution in [0.15, 0.2) is 23.1 Å². The Balaban J connectivity index is 2.91. The van der Waals surface area contributed by atoms with Crippen LogP contribution in [0.25, 0.3) is 0 Å². The van der Waals surface area contributed by atoms with Crippen LogP contribution in [0.1, 0.15) is 24.0 Å². The third-order valence-electron chi connectivity index (χ3n) is 2.14. The molecule has 4 heteroatoms. The van der Waals surface area contributed by atoms with E-state index >= 15 is 0 Å². The van der Waals surface area contributed by atoms with Gasteiger partial charge in [0.15, 0.2) is 0 Å². The normalized spacial score (nSPS) is 11.0. The molecule has 15 heavy (non-hydrogen) atoms. The lowest BCUT2D eigenvalue weighted by Gasteiger charge is -2.09. The predicted molar refractivity (Wildman–Crippen MR) is 65.3 cm³/mol. The van der Waals surface area contributed by atoms with Crippen molar-refractivity contribution in [2.75, 3.05) is 11.6 Å². The maximum atomic E-state index is 12.5. The van der Waals surface area contributed by atoms with E-state index < -0.39 is 6.43 Å². The molecule has 0 saturated carbocycles. The second kappa shape index (κ2) is 6.48. The molecule has 1 aromatic carbocycles. The number of hydrogen-bond donors (Lipinski definition) is 0. The predicted octanol–water partition coefficient (Wildman–Crippen LogP) is 4.67. The Kier molecular flexibility index (Phi) is 5.61. The highest BCUT2D eigenvalue weighted by atomic mass is 79.9. The van der Waals surface area contributed by atoms with Gasteiger partial charge in [-0.15, -0.1) is 11.8 Å². The Bertz CT molecular complexity index is 315. The van der Waals surface area contributed by atoms with E-state index in [0.717, 1.165) is 28.6 Å². The van der Waals surface area contributed by atoms with E-state index in [1.807, 2.05) is 6.26 Å². The summed E-state index contributed by atoms with van der Waals surface area (Å²) in [6, 6.07) is 4.92. The fourth-order valence-electron chi connectivity index (χ4n) is 1.39. The Labute approximate surface area is 102 Å². The van der Waals surface area contributed by atoms with Gasteiger partial charge in [-0.25, -0.2) is 8.78 Å². The number of hydrogen-bond acceptors (Lipinski definition) is 1. The molecule has 0 atom stereocenters. The van der Waals surface area contributed by atoms with Crippen LogP contribution < -0.4 is 0 Å². The Morgan fingerprint density at radius 2 is 2.13 bits per heavy atom. The van der Waals surface area contributed by atoms with Crippen molar-refractivity contribution in [2.24, 2.45) is 0 Å². The molecule has 0 heterocycles. The summed E-state index contributed by atoms with van der Waals surface area (Å²) in [5, 5.41) is 0.903. The molecule has 0 radical (unpaired) electrons. The molecule has 0 nitrogen and oxygen atoms in total. The first-order valence-corrected chi connectivity index (χ1v) is 7.04. The minimum absolute atomic E-state index is 0.123. The van der Waals surface area contributed by atoms with E-state index in [0.29, 0.717) is 0 Å². The summed E-state index contributed by atoms with van der Waals surface area (Å²) in [5.74, 6) is 0. The van der Waals surface area contributed by atoms with Crippen molar-refractivity contribution in [3.05, 3.63) is 29.3 Å². The molecule has 0 aliphatic heterocycles. The van der Waals surface area contributed by atoms with Gasteiger partial charge >= 0.3 is 0 Å². The fraction of sp³-hybridized carbons (Fsp3) is 0.455. The largest absolute Gasteiger partial charge is 0.263 e. The van der Waals surface area contributed by atoms with Gasteiger partial charge in [0.05, 0.1) is 0 Å². The second-order valence-corrected chi connectivity index (χ2v) is 4.81. The molecule has 0 aliphatic rings. The molecule has 0 amide bonds. The molecule has 1 aromatic rings. The van der Waals surface area contributed by atoms with Gasteiger partial charge in [0.1, 0.15) is 0 Å². The van der Waals surface area contributed by atoms with E-state index in [4.69, 9.17) is 0 Å². The maximum absolute atomic E-state index is 12.5. The second-order valence-electron chi connectivity index (χ2n) is 3.16. The highest BCUT2D eigenvalue weighted by Crippen LogP contribution is 2.27. The molecule has 0 aromatic heterocycles. The average Bonchev–Trinajstić information content (AvgIpc) is 2.25. The summed E-state index contributed by atoms with van der Waals surface area (Å²) >= 11 is 4.95. The fourth-order valence-corrected chi connectivity index (χ4v) is 2.29. The topological polar surface area (TPSA) is 0 Å². The molecule has 0 N–H and O–H groups in total. The summed E-state index contributed by atoms with van der Waals surface area (Å²) in [6.07, 6.45) is 1.42. The number of rotatable bonds is 5. The molecule has 84 valence electrons. The zero-order chi connectivity index (χ0) is 11.3. The summed E-state index contributed by atoms with van der Waals surface area (Å²) < 4.78 is 25.0. The van der Waals surface area contributed by atoms with Crippen molar-refractivity contribution in [3.8, 4) is 0 Å². The van der Waals surface area contributed by atoms with Crippen LogP contribution in [0.4, 0.5) is 8.78 Å². The van der Waals surface area contributed by atoms with E-state index in [1.54, 1.807) is 23.9 Å². The number of thioether (sulfide) groups is 1. The first kappa shape index (κ1) is 13.0. The molecule has 0 saturated heterocycles. The van der Waals surface area contributed by atoms with Crippen molar-refractivity contribution in [1.29, 1.82) is 0 Å². The molecule has 0 unspecified atom stereocenters. The zero-order valence-electron chi connectivity index (χ0n) is 8.47. The first-order valence-electron chi connectivity index (χ1n) is 4.70. The molecule has 0 bridgehead atoms. The van der Waals surface area contributed by atoms with Crippen molar-refractivity contribution in [1.82, 2.24) is 0 Å². The number of benzene rings is 1. The third-order valence-corrected chi connectivity index (χ3v) is 3.54. The lowest BCUT2D eigenvalue weighted by molar-refractivity contribution is 0.151. The van der Waals surface area contributed by atoms with Crippen molar-refractivity contribution in [2.45, 2.75) is 24.2 Å². The molecule has 0 spiro atoms. The van der Waals surface area contributed by atoms with E-state index in [1.165, 1.54) is 6.07 Å². The van der Waals surface area contributed by atoms with Crippen LogP contribution in [-0.4, -0.2) is 11.6 Å². The van der Waals surface area contributed by atoms with Gasteiger partial charge in [-0.2, -0.15) is 0 Å². The van der Waals surface area contributed by atoms with Crippen LogP contribution in [0, 0.1) is 0 Å². The molecular weight excluding hydrogens is 282 g/mol. The summed E-state index contributed by atoms with van der Waals surface area (Å²) in [5.41, 5.74) is 1.15. The summed E-state index contributed by atoms with van der Waals surface area (Å²) in [4.78, 5) is 1.10. The van der Waals surface area contributed by atoms with Gasteiger partial charge < -0.3 is 0 Å².